The molecule has 28 heavy (non-hydrogen) atoms. The van der Waals surface area contributed by atoms with Crippen LogP contribution in [0.25, 0.3) is 0 Å². The van der Waals surface area contributed by atoms with Gasteiger partial charge in [-0.3, -0.25) is 9.59 Å². The minimum absolute atomic E-state index is 0.235. The van der Waals surface area contributed by atoms with Crippen LogP contribution in [0.4, 0.5) is 5.69 Å². The summed E-state index contributed by atoms with van der Waals surface area (Å²) < 4.78 is 0. The number of hydrazone groups is 1. The molecule has 3 aromatic rings. The largest absolute Gasteiger partial charge is 0.322 e. The predicted octanol–water partition coefficient (Wildman–Crippen LogP) is 4.75. The lowest BCUT2D eigenvalue weighted by Crippen LogP contribution is -2.19. The average Bonchev–Trinajstić information content (AvgIpc) is 2.73. The molecule has 6 heteroatoms. The van der Waals surface area contributed by atoms with Gasteiger partial charge in [-0.2, -0.15) is 5.10 Å². The molecule has 0 saturated heterocycles. The zero-order chi connectivity index (χ0) is 19.9. The molecule has 0 aliphatic heterocycles. The van der Waals surface area contributed by atoms with Crippen molar-refractivity contribution in [2.45, 2.75) is 6.92 Å². The number of carbonyl (C=O) groups is 2. The lowest BCUT2D eigenvalue weighted by Gasteiger charge is -2.08. The minimum Gasteiger partial charge on any atom is -0.322 e. The number of carbonyl (C=O) groups excluding carboxylic acids is 2. The maximum Gasteiger partial charge on any atom is 0.271 e. The van der Waals surface area contributed by atoms with Gasteiger partial charge in [-0.05, 0) is 61.0 Å². The van der Waals surface area contributed by atoms with E-state index < -0.39 is 0 Å². The van der Waals surface area contributed by atoms with Crippen molar-refractivity contribution in [2.75, 3.05) is 5.32 Å². The highest BCUT2D eigenvalue weighted by Gasteiger charge is 2.08. The highest BCUT2D eigenvalue weighted by molar-refractivity contribution is 6.30. The van der Waals surface area contributed by atoms with Crippen LogP contribution in [0.5, 0.6) is 0 Å². The molecular weight excluding hydrogens is 374 g/mol. The van der Waals surface area contributed by atoms with E-state index in [1.54, 1.807) is 67.6 Å². The molecule has 0 radical (unpaired) electrons. The Morgan fingerprint density at radius 2 is 1.43 bits per heavy atom. The first-order valence-electron chi connectivity index (χ1n) is 8.60. The van der Waals surface area contributed by atoms with E-state index in [-0.39, 0.29) is 11.8 Å². The van der Waals surface area contributed by atoms with Crippen LogP contribution >= 0.6 is 11.6 Å². The van der Waals surface area contributed by atoms with E-state index in [4.69, 9.17) is 11.6 Å². The number of rotatable bonds is 5. The van der Waals surface area contributed by atoms with Crippen molar-refractivity contribution < 1.29 is 9.59 Å². The van der Waals surface area contributed by atoms with Crippen LogP contribution in [-0.2, 0) is 0 Å². The monoisotopic (exact) mass is 391 g/mol. The average molecular weight is 392 g/mol. The fourth-order valence-electron chi connectivity index (χ4n) is 2.48. The van der Waals surface area contributed by atoms with Gasteiger partial charge in [0.1, 0.15) is 0 Å². The summed E-state index contributed by atoms with van der Waals surface area (Å²) in [5.41, 5.74) is 5.60. The first kappa shape index (κ1) is 19.3. The highest BCUT2D eigenvalue weighted by atomic mass is 35.5. The first-order chi connectivity index (χ1) is 13.5. The number of nitrogens with zero attached hydrogens (tertiary/aromatic N) is 1. The van der Waals surface area contributed by atoms with E-state index in [0.29, 0.717) is 27.5 Å². The van der Waals surface area contributed by atoms with Crippen molar-refractivity contribution in [1.82, 2.24) is 5.43 Å². The van der Waals surface area contributed by atoms with E-state index in [2.05, 4.69) is 15.8 Å². The third-order valence-electron chi connectivity index (χ3n) is 4.01. The van der Waals surface area contributed by atoms with Crippen molar-refractivity contribution in [3.63, 3.8) is 0 Å². The number of halogens is 1. The normalized spacial score (nSPS) is 11.0. The summed E-state index contributed by atoms with van der Waals surface area (Å²) in [7, 11) is 0. The van der Waals surface area contributed by atoms with Crippen LogP contribution in [-0.4, -0.2) is 17.5 Å². The Labute approximate surface area is 168 Å². The van der Waals surface area contributed by atoms with Crippen LogP contribution in [0.3, 0.4) is 0 Å². The van der Waals surface area contributed by atoms with E-state index in [1.807, 2.05) is 18.2 Å². The Hall–Kier alpha value is -3.44. The molecular formula is C22H18ClN3O2. The van der Waals surface area contributed by atoms with Crippen LogP contribution in [0.1, 0.15) is 33.2 Å². The second-order valence-corrected chi connectivity index (χ2v) is 6.48. The summed E-state index contributed by atoms with van der Waals surface area (Å²) >= 11 is 5.85. The third kappa shape index (κ3) is 5.05. The van der Waals surface area contributed by atoms with E-state index in [9.17, 15) is 9.59 Å². The Morgan fingerprint density at radius 1 is 0.786 bits per heavy atom. The van der Waals surface area contributed by atoms with Gasteiger partial charge in [-0.15, -0.1) is 0 Å². The maximum atomic E-state index is 12.3. The van der Waals surface area contributed by atoms with Gasteiger partial charge in [0.15, 0.2) is 0 Å². The quantitative estimate of drug-likeness (QED) is 0.487. The molecule has 0 aromatic heterocycles. The molecule has 5 nitrogen and oxygen atoms in total. The molecule has 0 aliphatic carbocycles. The first-order valence-corrected chi connectivity index (χ1v) is 8.98. The van der Waals surface area contributed by atoms with Gasteiger partial charge in [-0.25, -0.2) is 5.43 Å². The Bertz CT molecular complexity index is 1020. The molecule has 0 bridgehead atoms. The number of benzene rings is 3. The van der Waals surface area contributed by atoms with Crippen molar-refractivity contribution in [3.8, 4) is 0 Å². The van der Waals surface area contributed by atoms with Gasteiger partial charge in [0.05, 0.1) is 5.71 Å². The molecule has 0 saturated carbocycles. The summed E-state index contributed by atoms with van der Waals surface area (Å²) in [6, 6.07) is 22.7. The number of hydrogen-bond acceptors (Lipinski definition) is 3. The predicted molar refractivity (Wildman–Crippen MR) is 112 cm³/mol. The van der Waals surface area contributed by atoms with Gasteiger partial charge in [0.2, 0.25) is 0 Å². The van der Waals surface area contributed by atoms with Gasteiger partial charge < -0.3 is 5.32 Å². The smallest absolute Gasteiger partial charge is 0.271 e. The SMILES string of the molecule is C/C(=N/NC(=O)c1ccccc1)c1cccc(NC(=O)c2ccc(Cl)cc2)c1. The summed E-state index contributed by atoms with van der Waals surface area (Å²) in [4.78, 5) is 24.4. The number of anilines is 1. The minimum atomic E-state index is -0.285. The number of amides is 2. The van der Waals surface area contributed by atoms with Gasteiger partial charge in [0.25, 0.3) is 11.8 Å². The zero-order valence-corrected chi connectivity index (χ0v) is 15.9. The molecule has 3 rings (SSSR count). The standard InChI is InChI=1S/C22H18ClN3O2/c1-15(25-26-22(28)16-6-3-2-4-7-16)18-8-5-9-20(14-18)24-21(27)17-10-12-19(23)13-11-17/h2-14H,1H3,(H,24,27)(H,26,28)/b25-15-. The molecule has 3 aromatic carbocycles. The van der Waals surface area contributed by atoms with Crippen molar-refractivity contribution in [1.29, 1.82) is 0 Å². The summed E-state index contributed by atoms with van der Waals surface area (Å²) in [5.74, 6) is -0.520. The Balaban J connectivity index is 1.69. The zero-order valence-electron chi connectivity index (χ0n) is 15.1. The Kier molecular flexibility index (Phi) is 6.19. The van der Waals surface area contributed by atoms with Crippen LogP contribution < -0.4 is 10.7 Å². The van der Waals surface area contributed by atoms with Crippen LogP contribution in [0, 0.1) is 0 Å². The topological polar surface area (TPSA) is 70.6 Å². The number of hydrogen-bond donors (Lipinski definition) is 2. The lowest BCUT2D eigenvalue weighted by atomic mass is 10.1. The molecule has 0 spiro atoms. The maximum absolute atomic E-state index is 12.3. The number of nitrogens with one attached hydrogen (secondary N) is 2. The van der Waals surface area contributed by atoms with Crippen molar-refractivity contribution >= 4 is 34.8 Å². The lowest BCUT2D eigenvalue weighted by molar-refractivity contribution is 0.0954. The highest BCUT2D eigenvalue weighted by Crippen LogP contribution is 2.15. The van der Waals surface area contributed by atoms with E-state index >= 15 is 0 Å². The molecule has 0 unspecified atom stereocenters. The summed E-state index contributed by atoms with van der Waals surface area (Å²) in [6.07, 6.45) is 0. The summed E-state index contributed by atoms with van der Waals surface area (Å²) in [6.45, 7) is 1.78. The van der Waals surface area contributed by atoms with Gasteiger partial charge in [-0.1, -0.05) is 41.9 Å². The molecule has 0 heterocycles. The molecule has 2 amide bonds. The van der Waals surface area contributed by atoms with Gasteiger partial charge >= 0.3 is 0 Å². The molecule has 140 valence electrons. The fraction of sp³-hybridized carbons (Fsp3) is 0.0455. The molecule has 0 fully saturated rings. The van der Waals surface area contributed by atoms with Crippen LogP contribution in [0.2, 0.25) is 5.02 Å². The third-order valence-corrected chi connectivity index (χ3v) is 4.26. The fourth-order valence-corrected chi connectivity index (χ4v) is 2.61. The van der Waals surface area contributed by atoms with Crippen LogP contribution in [0.15, 0.2) is 84.0 Å². The molecule has 0 atom stereocenters. The van der Waals surface area contributed by atoms with Gasteiger partial charge in [0, 0.05) is 21.8 Å². The second kappa shape index (κ2) is 8.97. The summed E-state index contributed by atoms with van der Waals surface area (Å²) in [5, 5.41) is 7.56. The second-order valence-electron chi connectivity index (χ2n) is 6.05. The molecule has 0 aliphatic rings. The van der Waals surface area contributed by atoms with E-state index in [0.717, 1.165) is 5.56 Å². The van der Waals surface area contributed by atoms with Crippen molar-refractivity contribution in [2.24, 2.45) is 5.10 Å². The molecule has 2 N–H and O–H groups in total. The van der Waals surface area contributed by atoms with E-state index in [1.165, 1.54) is 0 Å². The Morgan fingerprint density at radius 3 is 2.14 bits per heavy atom. The van der Waals surface area contributed by atoms with Crippen molar-refractivity contribution in [3.05, 3.63) is 101 Å².